The summed E-state index contributed by atoms with van der Waals surface area (Å²) >= 11 is 0. The van der Waals surface area contributed by atoms with Crippen LogP contribution in [0.25, 0.3) is 0 Å². The van der Waals surface area contributed by atoms with Crippen LogP contribution in [0.1, 0.15) is 18.9 Å². The van der Waals surface area contributed by atoms with Crippen LogP contribution in [0, 0.1) is 0 Å². The molecule has 0 bridgehead atoms. The number of carboxylic acid groups (broad SMARTS) is 1. The first kappa shape index (κ1) is 17.9. The fraction of sp³-hybridized carbons (Fsp3) is 0.235. The van der Waals surface area contributed by atoms with Gasteiger partial charge in [0.1, 0.15) is 12.4 Å². The molecule has 22 heavy (non-hydrogen) atoms. The van der Waals surface area contributed by atoms with Crippen LogP contribution in [0.5, 0.6) is 5.75 Å². The van der Waals surface area contributed by atoms with Crippen molar-refractivity contribution in [1.82, 2.24) is 0 Å². The predicted octanol–water partition coefficient (Wildman–Crippen LogP) is 3.96. The molecular formula is C17H20ClNO3. The van der Waals surface area contributed by atoms with E-state index in [1.165, 1.54) is 0 Å². The van der Waals surface area contributed by atoms with Crippen molar-refractivity contribution < 1.29 is 14.6 Å². The van der Waals surface area contributed by atoms with Gasteiger partial charge in [-0.1, -0.05) is 30.3 Å². The highest BCUT2D eigenvalue weighted by Gasteiger charge is 2.07. The number of ether oxygens (including phenoxy) is 1. The number of rotatable bonds is 7. The third kappa shape index (κ3) is 6.06. The molecule has 2 aromatic rings. The van der Waals surface area contributed by atoms with Gasteiger partial charge in [0, 0.05) is 11.7 Å². The van der Waals surface area contributed by atoms with Crippen LogP contribution in [-0.4, -0.2) is 17.1 Å². The van der Waals surface area contributed by atoms with Gasteiger partial charge < -0.3 is 15.2 Å². The SMILES string of the molecule is CC(CC(=O)O)Nc1ccc(OCc2ccccc2)cc1.Cl. The van der Waals surface area contributed by atoms with E-state index in [2.05, 4.69) is 5.32 Å². The summed E-state index contributed by atoms with van der Waals surface area (Å²) in [6.45, 7) is 2.37. The predicted molar refractivity (Wildman–Crippen MR) is 89.8 cm³/mol. The number of hydrogen-bond acceptors (Lipinski definition) is 3. The standard InChI is InChI=1S/C17H19NO3.ClH/c1-13(11-17(19)20)18-15-7-9-16(10-8-15)21-12-14-5-3-2-4-6-14;/h2-10,13,18H,11-12H2,1H3,(H,19,20);1H. The van der Waals surface area contributed by atoms with Crippen molar-refractivity contribution in [3.8, 4) is 5.75 Å². The van der Waals surface area contributed by atoms with Crippen molar-refractivity contribution in [2.45, 2.75) is 26.0 Å². The van der Waals surface area contributed by atoms with E-state index in [1.54, 1.807) is 0 Å². The smallest absolute Gasteiger partial charge is 0.305 e. The largest absolute Gasteiger partial charge is 0.489 e. The molecule has 0 fully saturated rings. The number of halogens is 1. The molecule has 118 valence electrons. The van der Waals surface area contributed by atoms with Gasteiger partial charge in [0.15, 0.2) is 0 Å². The van der Waals surface area contributed by atoms with Gasteiger partial charge in [-0.05, 0) is 36.8 Å². The molecule has 0 aliphatic carbocycles. The third-order valence-corrected chi connectivity index (χ3v) is 3.00. The molecule has 0 radical (unpaired) electrons. The lowest BCUT2D eigenvalue weighted by Gasteiger charge is -2.13. The first-order valence-corrected chi connectivity index (χ1v) is 6.88. The van der Waals surface area contributed by atoms with E-state index in [-0.39, 0.29) is 24.9 Å². The second-order valence-electron chi connectivity index (χ2n) is 4.94. The molecule has 0 amide bonds. The average Bonchev–Trinajstić information content (AvgIpc) is 2.47. The molecular weight excluding hydrogens is 302 g/mol. The molecule has 0 aromatic heterocycles. The fourth-order valence-corrected chi connectivity index (χ4v) is 1.99. The molecule has 0 heterocycles. The maximum absolute atomic E-state index is 10.6. The Labute approximate surface area is 136 Å². The molecule has 1 unspecified atom stereocenters. The highest BCUT2D eigenvalue weighted by atomic mass is 35.5. The molecule has 0 aliphatic heterocycles. The molecule has 2 aromatic carbocycles. The highest BCUT2D eigenvalue weighted by molar-refractivity contribution is 5.85. The minimum atomic E-state index is -0.808. The number of carboxylic acids is 1. The van der Waals surface area contributed by atoms with Gasteiger partial charge in [-0.25, -0.2) is 0 Å². The Morgan fingerprint density at radius 3 is 2.36 bits per heavy atom. The minimum Gasteiger partial charge on any atom is -0.489 e. The van der Waals surface area contributed by atoms with E-state index in [0.29, 0.717) is 6.61 Å². The molecule has 2 N–H and O–H groups in total. The van der Waals surface area contributed by atoms with E-state index in [9.17, 15) is 4.79 Å². The normalized spacial score (nSPS) is 11.1. The summed E-state index contributed by atoms with van der Waals surface area (Å²) in [6.07, 6.45) is 0.0895. The summed E-state index contributed by atoms with van der Waals surface area (Å²) in [5, 5.41) is 11.9. The summed E-state index contributed by atoms with van der Waals surface area (Å²) in [6, 6.07) is 17.4. The summed E-state index contributed by atoms with van der Waals surface area (Å²) in [7, 11) is 0. The van der Waals surface area contributed by atoms with Crippen molar-refractivity contribution in [2.24, 2.45) is 0 Å². The maximum Gasteiger partial charge on any atom is 0.305 e. The second kappa shape index (κ2) is 8.95. The Kier molecular flexibility index (Phi) is 7.26. The van der Waals surface area contributed by atoms with Crippen LogP contribution in [-0.2, 0) is 11.4 Å². The van der Waals surface area contributed by atoms with E-state index in [4.69, 9.17) is 9.84 Å². The zero-order valence-corrected chi connectivity index (χ0v) is 13.2. The van der Waals surface area contributed by atoms with Gasteiger partial charge in [0.05, 0.1) is 6.42 Å². The Morgan fingerprint density at radius 1 is 1.14 bits per heavy atom. The van der Waals surface area contributed by atoms with Gasteiger partial charge in [0.25, 0.3) is 0 Å². The van der Waals surface area contributed by atoms with Crippen LogP contribution in [0.4, 0.5) is 5.69 Å². The number of nitrogens with one attached hydrogen (secondary N) is 1. The van der Waals surface area contributed by atoms with Crippen LogP contribution in [0.15, 0.2) is 54.6 Å². The van der Waals surface area contributed by atoms with Crippen molar-refractivity contribution in [1.29, 1.82) is 0 Å². The Hall–Kier alpha value is -2.20. The Morgan fingerprint density at radius 2 is 1.77 bits per heavy atom. The van der Waals surface area contributed by atoms with Crippen LogP contribution in [0.2, 0.25) is 0 Å². The van der Waals surface area contributed by atoms with Gasteiger partial charge in [0.2, 0.25) is 0 Å². The topological polar surface area (TPSA) is 58.6 Å². The Balaban J connectivity index is 0.00000242. The number of aliphatic carboxylic acids is 1. The fourth-order valence-electron chi connectivity index (χ4n) is 1.99. The zero-order chi connectivity index (χ0) is 15.1. The first-order chi connectivity index (χ1) is 10.1. The van der Waals surface area contributed by atoms with Crippen molar-refractivity contribution in [3.63, 3.8) is 0 Å². The zero-order valence-electron chi connectivity index (χ0n) is 12.4. The number of benzene rings is 2. The number of anilines is 1. The van der Waals surface area contributed by atoms with Crippen molar-refractivity contribution in [3.05, 3.63) is 60.2 Å². The van der Waals surface area contributed by atoms with E-state index >= 15 is 0 Å². The van der Waals surface area contributed by atoms with Crippen LogP contribution in [0.3, 0.4) is 0 Å². The molecule has 5 heteroatoms. The third-order valence-electron chi connectivity index (χ3n) is 3.00. The monoisotopic (exact) mass is 321 g/mol. The number of carbonyl (C=O) groups is 1. The minimum absolute atomic E-state index is 0. The second-order valence-corrected chi connectivity index (χ2v) is 4.94. The van der Waals surface area contributed by atoms with Crippen molar-refractivity contribution in [2.75, 3.05) is 5.32 Å². The van der Waals surface area contributed by atoms with Crippen molar-refractivity contribution >= 4 is 24.1 Å². The van der Waals surface area contributed by atoms with Gasteiger partial charge >= 0.3 is 5.97 Å². The molecule has 0 aliphatic rings. The highest BCUT2D eigenvalue weighted by Crippen LogP contribution is 2.18. The summed E-state index contributed by atoms with van der Waals surface area (Å²) in [4.78, 5) is 10.6. The average molecular weight is 322 g/mol. The van der Waals surface area contributed by atoms with Gasteiger partial charge in [-0.15, -0.1) is 12.4 Å². The lowest BCUT2D eigenvalue weighted by atomic mass is 10.2. The van der Waals surface area contributed by atoms with Crippen LogP contribution < -0.4 is 10.1 Å². The quantitative estimate of drug-likeness (QED) is 0.810. The Bertz CT molecular complexity index is 572. The van der Waals surface area contributed by atoms with E-state index < -0.39 is 5.97 Å². The summed E-state index contributed by atoms with van der Waals surface area (Å²) in [5.41, 5.74) is 2.01. The lowest BCUT2D eigenvalue weighted by molar-refractivity contribution is -0.137. The van der Waals surface area contributed by atoms with E-state index in [0.717, 1.165) is 17.0 Å². The molecule has 0 saturated carbocycles. The summed E-state index contributed by atoms with van der Waals surface area (Å²) in [5.74, 6) is -0.0203. The summed E-state index contributed by atoms with van der Waals surface area (Å²) < 4.78 is 5.69. The molecule has 1 atom stereocenters. The number of hydrogen-bond donors (Lipinski definition) is 2. The first-order valence-electron chi connectivity index (χ1n) is 6.88. The van der Waals surface area contributed by atoms with Gasteiger partial charge in [-0.3, -0.25) is 4.79 Å². The van der Waals surface area contributed by atoms with Gasteiger partial charge in [-0.2, -0.15) is 0 Å². The molecule has 2 rings (SSSR count). The van der Waals surface area contributed by atoms with E-state index in [1.807, 2.05) is 61.5 Å². The molecule has 0 saturated heterocycles. The maximum atomic E-state index is 10.6. The molecule has 4 nitrogen and oxygen atoms in total. The molecule has 0 spiro atoms. The van der Waals surface area contributed by atoms with Crippen LogP contribution >= 0.6 is 12.4 Å². The lowest BCUT2D eigenvalue weighted by Crippen LogP contribution is -2.19.